The zero-order chi connectivity index (χ0) is 31.2. The number of carbonyl (C=O) groups is 1. The van der Waals surface area contributed by atoms with Crippen molar-refractivity contribution < 1.29 is 43.1 Å². The molecule has 226 valence electrons. The Bertz CT molecular complexity index is 1550. The van der Waals surface area contributed by atoms with Crippen LogP contribution in [0.5, 0.6) is 28.7 Å². The van der Waals surface area contributed by atoms with Gasteiger partial charge in [-0.15, -0.1) is 0 Å². The lowest BCUT2D eigenvalue weighted by Gasteiger charge is -2.30. The van der Waals surface area contributed by atoms with E-state index in [1.54, 1.807) is 12.1 Å². The van der Waals surface area contributed by atoms with Gasteiger partial charge in [-0.3, -0.25) is 0 Å². The Morgan fingerprint density at radius 3 is 2.19 bits per heavy atom. The van der Waals surface area contributed by atoms with Crippen molar-refractivity contribution in [3.8, 4) is 28.7 Å². The van der Waals surface area contributed by atoms with Crippen LogP contribution in [0.1, 0.15) is 44.4 Å². The van der Waals surface area contributed by atoms with Crippen LogP contribution in [0.4, 0.5) is 0 Å². The average Bonchev–Trinajstić information content (AvgIpc) is 2.93. The SMILES string of the molecule is COc1cc(O)c(/C=C/C(=O)O[C@@H](Cc2c(OC)cc3oc(=O)ccc3c2OC)C(C)(C)O)c(OC)c1CC=C(C)C. The first-order valence-electron chi connectivity index (χ1n) is 13.2. The second-order valence-corrected chi connectivity index (χ2v) is 10.4. The van der Waals surface area contributed by atoms with Crippen molar-refractivity contribution in [3.05, 3.63) is 69.1 Å². The molecule has 0 bridgehead atoms. The smallest absolute Gasteiger partial charge is 0.336 e. The number of methoxy groups -OCH3 is 4. The van der Waals surface area contributed by atoms with Crippen molar-refractivity contribution in [2.75, 3.05) is 28.4 Å². The Morgan fingerprint density at radius 2 is 1.62 bits per heavy atom. The second-order valence-electron chi connectivity index (χ2n) is 10.4. The quantitative estimate of drug-likeness (QED) is 0.130. The van der Waals surface area contributed by atoms with E-state index >= 15 is 0 Å². The predicted octanol–water partition coefficient (Wildman–Crippen LogP) is 4.98. The van der Waals surface area contributed by atoms with Crippen LogP contribution in [0.15, 0.2) is 51.2 Å². The van der Waals surface area contributed by atoms with Gasteiger partial charge in [0.1, 0.15) is 40.4 Å². The van der Waals surface area contributed by atoms with E-state index in [2.05, 4.69) is 0 Å². The topological polar surface area (TPSA) is 134 Å². The summed E-state index contributed by atoms with van der Waals surface area (Å²) in [6.07, 6.45) is 3.98. The summed E-state index contributed by atoms with van der Waals surface area (Å²) in [6.45, 7) is 6.97. The van der Waals surface area contributed by atoms with Crippen LogP contribution in [-0.4, -0.2) is 56.3 Å². The van der Waals surface area contributed by atoms with Crippen LogP contribution in [0.25, 0.3) is 17.0 Å². The molecule has 1 heterocycles. The van der Waals surface area contributed by atoms with Crippen LogP contribution in [0.3, 0.4) is 0 Å². The number of phenols is 1. The highest BCUT2D eigenvalue weighted by molar-refractivity contribution is 5.89. The van der Waals surface area contributed by atoms with Gasteiger partial charge in [-0.1, -0.05) is 11.6 Å². The third-order valence-corrected chi connectivity index (χ3v) is 6.68. The molecule has 0 amide bonds. The van der Waals surface area contributed by atoms with Gasteiger partial charge in [0.15, 0.2) is 0 Å². The predicted molar refractivity (Wildman–Crippen MR) is 159 cm³/mol. The molecule has 0 spiro atoms. The molecule has 3 aromatic rings. The third kappa shape index (κ3) is 7.25. The molecular formula is C32H38O10. The van der Waals surface area contributed by atoms with Gasteiger partial charge in [-0.25, -0.2) is 9.59 Å². The molecule has 10 heteroatoms. The van der Waals surface area contributed by atoms with E-state index in [-0.39, 0.29) is 23.3 Å². The summed E-state index contributed by atoms with van der Waals surface area (Å²) < 4.78 is 33.2. The van der Waals surface area contributed by atoms with E-state index < -0.39 is 23.3 Å². The van der Waals surface area contributed by atoms with E-state index in [0.29, 0.717) is 45.9 Å². The van der Waals surface area contributed by atoms with Crippen LogP contribution in [-0.2, 0) is 22.4 Å². The Kier molecular flexibility index (Phi) is 10.3. The largest absolute Gasteiger partial charge is 0.507 e. The monoisotopic (exact) mass is 582 g/mol. The molecule has 3 rings (SSSR count). The first-order valence-corrected chi connectivity index (χ1v) is 13.2. The van der Waals surface area contributed by atoms with Gasteiger partial charge in [0, 0.05) is 41.8 Å². The van der Waals surface area contributed by atoms with Crippen LogP contribution >= 0.6 is 0 Å². The number of rotatable bonds is 12. The maximum atomic E-state index is 13.1. The van der Waals surface area contributed by atoms with Gasteiger partial charge in [0.25, 0.3) is 0 Å². The average molecular weight is 583 g/mol. The molecule has 42 heavy (non-hydrogen) atoms. The number of benzene rings is 2. The minimum atomic E-state index is -1.48. The summed E-state index contributed by atoms with van der Waals surface area (Å²) in [5, 5.41) is 22.2. The first kappa shape index (κ1) is 32.1. The maximum absolute atomic E-state index is 13.1. The molecule has 1 aromatic heterocycles. The van der Waals surface area contributed by atoms with E-state index in [1.807, 2.05) is 19.9 Å². The van der Waals surface area contributed by atoms with Gasteiger partial charge >= 0.3 is 11.6 Å². The fourth-order valence-electron chi connectivity index (χ4n) is 4.52. The van der Waals surface area contributed by atoms with E-state index in [9.17, 15) is 19.8 Å². The zero-order valence-corrected chi connectivity index (χ0v) is 25.2. The van der Waals surface area contributed by atoms with Crippen molar-refractivity contribution in [2.45, 2.75) is 52.2 Å². The highest BCUT2D eigenvalue weighted by atomic mass is 16.6. The number of aliphatic hydroxyl groups is 1. The number of phenolic OH excluding ortho intramolecular Hbond substituents is 1. The Labute approximate surface area is 244 Å². The molecule has 0 fully saturated rings. The molecule has 10 nitrogen and oxygen atoms in total. The molecule has 0 radical (unpaired) electrons. The number of hydrogen-bond donors (Lipinski definition) is 2. The molecule has 0 saturated carbocycles. The number of hydrogen-bond acceptors (Lipinski definition) is 10. The van der Waals surface area contributed by atoms with Gasteiger partial charge in [-0.2, -0.15) is 0 Å². The summed E-state index contributed by atoms with van der Waals surface area (Å²) in [6, 6.07) is 5.84. The van der Waals surface area contributed by atoms with Crippen molar-refractivity contribution in [2.24, 2.45) is 0 Å². The third-order valence-electron chi connectivity index (χ3n) is 6.68. The lowest BCUT2D eigenvalue weighted by Crippen LogP contribution is -2.41. The minimum Gasteiger partial charge on any atom is -0.507 e. The van der Waals surface area contributed by atoms with Crippen LogP contribution in [0, 0.1) is 0 Å². The number of ether oxygens (including phenoxy) is 5. The standard InChI is InChI=1S/C32H38O10/c1-18(2)9-10-20-24(37-5)16-23(33)19(30(20)39-7)11-13-29(35)42-27(32(3,4)36)15-22-25(38-6)17-26-21(31(22)40-8)12-14-28(34)41-26/h9,11-14,16-17,27,33,36H,10,15H2,1-8H3/b13-11+/t27-/m0/s1. The highest BCUT2D eigenvalue weighted by Gasteiger charge is 2.33. The molecule has 2 aromatic carbocycles. The number of carbonyl (C=O) groups excluding carboxylic acids is 1. The summed E-state index contributed by atoms with van der Waals surface area (Å²) in [4.78, 5) is 24.8. The number of aromatic hydroxyl groups is 1. The number of allylic oxidation sites excluding steroid dienone is 2. The Balaban J connectivity index is 1.98. The molecule has 0 aliphatic heterocycles. The van der Waals surface area contributed by atoms with Gasteiger partial charge < -0.3 is 38.3 Å². The lowest BCUT2D eigenvalue weighted by atomic mass is 9.93. The van der Waals surface area contributed by atoms with Gasteiger partial charge in [-0.05, 0) is 46.3 Å². The highest BCUT2D eigenvalue weighted by Crippen LogP contribution is 2.41. The van der Waals surface area contributed by atoms with Gasteiger partial charge in [0.05, 0.1) is 45.0 Å². The van der Waals surface area contributed by atoms with Crippen molar-refractivity contribution in [1.29, 1.82) is 0 Å². The number of esters is 1. The van der Waals surface area contributed by atoms with E-state index in [1.165, 1.54) is 60.5 Å². The van der Waals surface area contributed by atoms with Crippen LogP contribution in [0.2, 0.25) is 0 Å². The second kappa shape index (κ2) is 13.5. The zero-order valence-electron chi connectivity index (χ0n) is 25.2. The molecule has 0 saturated heterocycles. The molecule has 0 unspecified atom stereocenters. The van der Waals surface area contributed by atoms with E-state index in [4.69, 9.17) is 28.1 Å². The Morgan fingerprint density at radius 1 is 0.976 bits per heavy atom. The fraction of sp³-hybridized carbons (Fsp3) is 0.375. The lowest BCUT2D eigenvalue weighted by molar-refractivity contribution is -0.155. The minimum absolute atomic E-state index is 0.00838. The summed E-state index contributed by atoms with van der Waals surface area (Å²) in [5.41, 5.74) is 0.822. The molecular weight excluding hydrogens is 544 g/mol. The molecule has 2 N–H and O–H groups in total. The number of fused-ring (bicyclic) bond motifs is 1. The molecule has 0 aliphatic carbocycles. The normalized spacial score (nSPS) is 12.2. The summed E-state index contributed by atoms with van der Waals surface area (Å²) >= 11 is 0. The molecule has 1 atom stereocenters. The van der Waals surface area contributed by atoms with Crippen molar-refractivity contribution in [3.63, 3.8) is 0 Å². The summed E-state index contributed by atoms with van der Waals surface area (Å²) in [7, 11) is 5.87. The van der Waals surface area contributed by atoms with Crippen molar-refractivity contribution in [1.82, 2.24) is 0 Å². The van der Waals surface area contributed by atoms with E-state index in [0.717, 1.165) is 11.6 Å². The molecule has 0 aliphatic rings. The van der Waals surface area contributed by atoms with Crippen LogP contribution < -0.4 is 24.6 Å². The fourth-order valence-corrected chi connectivity index (χ4v) is 4.52. The van der Waals surface area contributed by atoms with Gasteiger partial charge in [0.2, 0.25) is 0 Å². The Hall–Kier alpha value is -4.44. The maximum Gasteiger partial charge on any atom is 0.336 e. The summed E-state index contributed by atoms with van der Waals surface area (Å²) in [5.74, 6) is 0.558. The van der Waals surface area contributed by atoms with Crippen molar-refractivity contribution >= 4 is 23.0 Å². The first-order chi connectivity index (χ1) is 19.8.